The van der Waals surface area contributed by atoms with Crippen molar-refractivity contribution in [2.24, 2.45) is 0 Å². The first kappa shape index (κ1) is 17.8. The highest BCUT2D eigenvalue weighted by atomic mass is 35.5. The van der Waals surface area contributed by atoms with Crippen LogP contribution in [0.3, 0.4) is 0 Å². The fourth-order valence-corrected chi connectivity index (χ4v) is 3.73. The van der Waals surface area contributed by atoms with E-state index in [1.54, 1.807) is 0 Å². The van der Waals surface area contributed by atoms with Crippen molar-refractivity contribution in [3.05, 3.63) is 75.8 Å². The molecule has 0 aliphatic heterocycles. The minimum absolute atomic E-state index is 0.0928. The SMILES string of the molecule is O=C(O)c1cccc(-n2cc(O)n(S(=O)(=O)c3ccc(Cl)cc3)c2=O)c1. The molecular weight excluding hydrogens is 384 g/mol. The Bertz CT molecular complexity index is 1160. The highest BCUT2D eigenvalue weighted by Gasteiger charge is 2.25. The van der Waals surface area contributed by atoms with Crippen LogP contribution in [0.4, 0.5) is 0 Å². The summed E-state index contributed by atoms with van der Waals surface area (Å²) < 4.78 is 26.4. The second-order valence-corrected chi connectivity index (χ2v) is 7.44. The van der Waals surface area contributed by atoms with Gasteiger partial charge in [0.25, 0.3) is 10.0 Å². The van der Waals surface area contributed by atoms with Gasteiger partial charge in [-0.25, -0.2) is 18.0 Å². The van der Waals surface area contributed by atoms with Gasteiger partial charge in [-0.05, 0) is 42.5 Å². The summed E-state index contributed by atoms with van der Waals surface area (Å²) in [4.78, 5) is 23.4. The summed E-state index contributed by atoms with van der Waals surface area (Å²) in [6.45, 7) is 0. The number of carboxylic acid groups (broad SMARTS) is 1. The summed E-state index contributed by atoms with van der Waals surface area (Å²) in [7, 11) is -4.37. The molecule has 0 unspecified atom stereocenters. The Morgan fingerprint density at radius 1 is 1.08 bits per heavy atom. The summed E-state index contributed by atoms with van der Waals surface area (Å²) in [5.41, 5.74) is -1.07. The molecule has 134 valence electrons. The van der Waals surface area contributed by atoms with E-state index in [0.717, 1.165) is 10.8 Å². The molecule has 10 heteroatoms. The topological polar surface area (TPSA) is 119 Å². The average molecular weight is 395 g/mol. The number of carbonyl (C=O) groups is 1. The van der Waals surface area contributed by atoms with Crippen LogP contribution in [0.2, 0.25) is 5.02 Å². The largest absolute Gasteiger partial charge is 0.493 e. The lowest BCUT2D eigenvalue weighted by molar-refractivity contribution is 0.0697. The van der Waals surface area contributed by atoms with Gasteiger partial charge in [0, 0.05) is 5.02 Å². The quantitative estimate of drug-likeness (QED) is 0.698. The van der Waals surface area contributed by atoms with Crippen molar-refractivity contribution in [1.29, 1.82) is 0 Å². The van der Waals surface area contributed by atoms with E-state index >= 15 is 0 Å². The highest BCUT2D eigenvalue weighted by molar-refractivity contribution is 7.90. The Kier molecular flexibility index (Phi) is 4.34. The van der Waals surface area contributed by atoms with Crippen LogP contribution in [0.1, 0.15) is 10.4 Å². The molecule has 0 fully saturated rings. The van der Waals surface area contributed by atoms with Gasteiger partial charge >= 0.3 is 11.7 Å². The number of halogens is 1. The second-order valence-electron chi connectivity index (χ2n) is 5.22. The molecule has 0 amide bonds. The molecule has 0 saturated carbocycles. The van der Waals surface area contributed by atoms with E-state index in [2.05, 4.69) is 0 Å². The highest BCUT2D eigenvalue weighted by Crippen LogP contribution is 2.21. The molecule has 26 heavy (non-hydrogen) atoms. The predicted octanol–water partition coefficient (Wildman–Crippen LogP) is 1.93. The van der Waals surface area contributed by atoms with Gasteiger partial charge < -0.3 is 10.2 Å². The number of nitrogens with zero attached hydrogens (tertiary/aromatic N) is 2. The smallest absolute Gasteiger partial charge is 0.350 e. The number of benzene rings is 2. The van der Waals surface area contributed by atoms with Gasteiger partial charge in [0.05, 0.1) is 22.3 Å². The molecule has 1 heterocycles. The zero-order valence-corrected chi connectivity index (χ0v) is 14.5. The molecule has 0 atom stereocenters. The molecule has 0 radical (unpaired) electrons. The number of hydrogen-bond acceptors (Lipinski definition) is 5. The fourth-order valence-electron chi connectivity index (χ4n) is 2.33. The minimum Gasteiger partial charge on any atom is -0.493 e. The molecule has 3 aromatic rings. The Hall–Kier alpha value is -3.04. The maximum absolute atomic E-state index is 12.7. The summed E-state index contributed by atoms with van der Waals surface area (Å²) in [6, 6.07) is 10.4. The molecule has 0 aliphatic carbocycles. The van der Waals surface area contributed by atoms with E-state index < -0.39 is 27.6 Å². The third-order valence-corrected chi connectivity index (χ3v) is 5.50. The van der Waals surface area contributed by atoms with E-state index in [-0.39, 0.29) is 20.1 Å². The predicted molar refractivity (Wildman–Crippen MR) is 92.7 cm³/mol. The normalized spacial score (nSPS) is 11.4. The van der Waals surface area contributed by atoms with Gasteiger partial charge in [-0.2, -0.15) is 0 Å². The van der Waals surface area contributed by atoms with Crippen LogP contribution in [0.5, 0.6) is 5.88 Å². The first-order valence-corrected chi connectivity index (χ1v) is 8.92. The summed E-state index contributed by atoms with van der Waals surface area (Å²) >= 11 is 5.73. The van der Waals surface area contributed by atoms with Gasteiger partial charge in [0.2, 0.25) is 5.88 Å². The van der Waals surface area contributed by atoms with Crippen molar-refractivity contribution < 1.29 is 23.4 Å². The maximum atomic E-state index is 12.7. The number of hydrogen-bond donors (Lipinski definition) is 2. The summed E-state index contributed by atoms with van der Waals surface area (Å²) in [6.07, 6.45) is 0.900. The number of carboxylic acids is 1. The van der Waals surface area contributed by atoms with Crippen LogP contribution < -0.4 is 5.69 Å². The van der Waals surface area contributed by atoms with E-state index in [9.17, 15) is 23.1 Å². The Labute approximate surface area is 152 Å². The molecule has 2 N–H and O–H groups in total. The van der Waals surface area contributed by atoms with E-state index in [4.69, 9.17) is 16.7 Å². The molecule has 2 aromatic carbocycles. The molecule has 0 bridgehead atoms. The minimum atomic E-state index is -4.37. The van der Waals surface area contributed by atoms with Crippen LogP contribution in [0, 0.1) is 0 Å². The first-order valence-electron chi connectivity index (χ1n) is 7.10. The fraction of sp³-hybridized carbons (Fsp3) is 0. The van der Waals surface area contributed by atoms with E-state index in [1.165, 1.54) is 48.5 Å². The van der Waals surface area contributed by atoms with Crippen LogP contribution in [0.25, 0.3) is 5.69 Å². The maximum Gasteiger partial charge on any atom is 0.350 e. The summed E-state index contributed by atoms with van der Waals surface area (Å²) in [5, 5.41) is 19.4. The third kappa shape index (κ3) is 2.98. The zero-order valence-electron chi connectivity index (χ0n) is 12.9. The standard InChI is InChI=1S/C16H11ClN2O6S/c17-11-4-6-13(7-5-11)26(24,25)19-14(20)9-18(16(19)23)12-3-1-2-10(8-12)15(21)22/h1-9,20H,(H,21,22). The van der Waals surface area contributed by atoms with Gasteiger partial charge in [-0.15, -0.1) is 3.97 Å². The zero-order chi connectivity index (χ0) is 19.1. The first-order chi connectivity index (χ1) is 12.2. The number of aromatic carboxylic acids is 1. The van der Waals surface area contributed by atoms with Gasteiger partial charge in [-0.1, -0.05) is 17.7 Å². The van der Waals surface area contributed by atoms with Crippen LogP contribution in [-0.2, 0) is 10.0 Å². The molecule has 3 rings (SSSR count). The van der Waals surface area contributed by atoms with Crippen molar-refractivity contribution in [3.63, 3.8) is 0 Å². The number of imidazole rings is 1. The Morgan fingerprint density at radius 3 is 2.35 bits per heavy atom. The van der Waals surface area contributed by atoms with E-state index in [1.807, 2.05) is 0 Å². The van der Waals surface area contributed by atoms with Crippen LogP contribution in [-0.4, -0.2) is 33.1 Å². The number of rotatable bonds is 4. The number of aromatic nitrogens is 2. The summed E-state index contributed by atoms with van der Waals surface area (Å²) in [5.74, 6) is -2.02. The second kappa shape index (κ2) is 6.36. The molecule has 8 nitrogen and oxygen atoms in total. The third-order valence-electron chi connectivity index (χ3n) is 3.56. The van der Waals surface area contributed by atoms with Crippen molar-refractivity contribution >= 4 is 27.6 Å². The van der Waals surface area contributed by atoms with Gasteiger partial charge in [-0.3, -0.25) is 4.57 Å². The molecular formula is C16H11ClN2O6S. The van der Waals surface area contributed by atoms with Crippen molar-refractivity contribution in [3.8, 4) is 11.6 Å². The lowest BCUT2D eigenvalue weighted by atomic mass is 10.2. The number of aromatic hydroxyl groups is 1. The Morgan fingerprint density at radius 2 is 1.73 bits per heavy atom. The monoisotopic (exact) mass is 394 g/mol. The van der Waals surface area contributed by atoms with Crippen LogP contribution in [0.15, 0.2) is 64.4 Å². The van der Waals surface area contributed by atoms with Crippen molar-refractivity contribution in [2.75, 3.05) is 0 Å². The average Bonchev–Trinajstić information content (AvgIpc) is 2.90. The van der Waals surface area contributed by atoms with Crippen LogP contribution >= 0.6 is 11.6 Å². The van der Waals surface area contributed by atoms with E-state index in [0.29, 0.717) is 5.02 Å². The van der Waals surface area contributed by atoms with Gasteiger partial charge in [0.15, 0.2) is 0 Å². The van der Waals surface area contributed by atoms with Crippen molar-refractivity contribution in [2.45, 2.75) is 4.90 Å². The molecule has 1 aromatic heterocycles. The Balaban J connectivity index is 2.18. The molecule has 0 aliphatic rings. The lowest BCUT2D eigenvalue weighted by Gasteiger charge is -2.06. The van der Waals surface area contributed by atoms with Crippen molar-refractivity contribution in [1.82, 2.24) is 8.54 Å². The lowest BCUT2D eigenvalue weighted by Crippen LogP contribution is -2.28. The van der Waals surface area contributed by atoms with Gasteiger partial charge in [0.1, 0.15) is 0 Å². The molecule has 0 saturated heterocycles. The molecule has 0 spiro atoms.